The largest absolute Gasteiger partial charge is 0.467 e. The molecule has 6 nitrogen and oxygen atoms in total. The number of hydrogen-bond donors (Lipinski definition) is 1. The fourth-order valence-electron chi connectivity index (χ4n) is 3.68. The fourth-order valence-corrected chi connectivity index (χ4v) is 3.94. The van der Waals surface area contributed by atoms with Crippen molar-refractivity contribution < 1.29 is 19.1 Å². The third-order valence-electron chi connectivity index (χ3n) is 5.05. The molecule has 0 bridgehead atoms. The number of urea groups is 1. The van der Waals surface area contributed by atoms with Gasteiger partial charge in [0.2, 0.25) is 0 Å². The maximum absolute atomic E-state index is 13.3. The molecule has 3 amide bonds. The Morgan fingerprint density at radius 2 is 2.00 bits per heavy atom. The van der Waals surface area contributed by atoms with E-state index in [1.165, 1.54) is 4.90 Å². The Labute approximate surface area is 162 Å². The number of carbonyl (C=O) groups is 2. The Balaban J connectivity index is 1.69. The minimum atomic E-state index is -1.05. The van der Waals surface area contributed by atoms with E-state index in [1.54, 1.807) is 12.1 Å². The van der Waals surface area contributed by atoms with Gasteiger partial charge in [-0.2, -0.15) is 0 Å². The van der Waals surface area contributed by atoms with Crippen LogP contribution in [0.2, 0.25) is 5.02 Å². The van der Waals surface area contributed by atoms with Crippen molar-refractivity contribution in [1.82, 2.24) is 10.2 Å². The summed E-state index contributed by atoms with van der Waals surface area (Å²) in [5.41, 5.74) is 1.21. The highest BCUT2D eigenvalue weighted by Gasteiger charge is 2.51. The molecule has 2 aliphatic rings. The molecule has 2 aromatic carbocycles. The Hall–Kier alpha value is -2.57. The van der Waals surface area contributed by atoms with Crippen molar-refractivity contribution >= 4 is 23.5 Å². The molecule has 0 saturated carbocycles. The lowest BCUT2D eigenvalue weighted by molar-refractivity contribution is -0.132. The van der Waals surface area contributed by atoms with Crippen molar-refractivity contribution in [3.8, 4) is 5.75 Å². The smallest absolute Gasteiger partial charge is 0.325 e. The first-order chi connectivity index (χ1) is 13.0. The van der Waals surface area contributed by atoms with Crippen LogP contribution in [0.15, 0.2) is 42.5 Å². The zero-order chi connectivity index (χ0) is 19.0. The van der Waals surface area contributed by atoms with Gasteiger partial charge in [0.25, 0.3) is 5.91 Å². The minimum Gasteiger partial charge on any atom is -0.467 e. The van der Waals surface area contributed by atoms with E-state index >= 15 is 0 Å². The van der Waals surface area contributed by atoms with E-state index in [0.29, 0.717) is 29.4 Å². The molecule has 1 fully saturated rings. The molecule has 0 spiro atoms. The van der Waals surface area contributed by atoms with Crippen LogP contribution in [0.1, 0.15) is 30.0 Å². The van der Waals surface area contributed by atoms with Gasteiger partial charge in [-0.3, -0.25) is 9.69 Å². The van der Waals surface area contributed by atoms with Crippen molar-refractivity contribution in [2.75, 3.05) is 6.79 Å². The summed E-state index contributed by atoms with van der Waals surface area (Å²) in [6.45, 7) is 2.48. The number of halogens is 1. The molecule has 27 heavy (non-hydrogen) atoms. The summed E-state index contributed by atoms with van der Waals surface area (Å²) in [6.07, 6.45) is 0.454. The normalized spacial score (nSPS) is 21.6. The molecule has 0 radical (unpaired) electrons. The molecule has 1 atom stereocenters. The van der Waals surface area contributed by atoms with Gasteiger partial charge in [0, 0.05) is 16.1 Å². The van der Waals surface area contributed by atoms with Crippen LogP contribution in [-0.4, -0.2) is 23.6 Å². The predicted molar refractivity (Wildman–Crippen MR) is 99.2 cm³/mol. The Bertz CT molecular complexity index is 902. The highest BCUT2D eigenvalue weighted by molar-refractivity contribution is 6.30. The lowest BCUT2D eigenvalue weighted by atomic mass is 9.87. The van der Waals surface area contributed by atoms with Gasteiger partial charge in [0.15, 0.2) is 6.79 Å². The molecular formula is C20H19ClN2O4. The number of imide groups is 1. The van der Waals surface area contributed by atoms with Gasteiger partial charge in [-0.15, -0.1) is 0 Å². The van der Waals surface area contributed by atoms with Gasteiger partial charge in [-0.25, -0.2) is 4.79 Å². The highest BCUT2D eigenvalue weighted by Crippen LogP contribution is 2.36. The third-order valence-corrected chi connectivity index (χ3v) is 5.27. The summed E-state index contributed by atoms with van der Waals surface area (Å²) >= 11 is 6.20. The van der Waals surface area contributed by atoms with Crippen LogP contribution in [-0.2, 0) is 28.2 Å². The molecule has 0 aromatic heterocycles. The summed E-state index contributed by atoms with van der Waals surface area (Å²) < 4.78 is 10.9. The summed E-state index contributed by atoms with van der Waals surface area (Å²) in [7, 11) is 0. The van der Waals surface area contributed by atoms with E-state index < -0.39 is 11.6 Å². The Morgan fingerprint density at radius 1 is 1.22 bits per heavy atom. The molecular weight excluding hydrogens is 368 g/mol. The SMILES string of the molecule is CC[C@@]1(c2ccccc2)NC(=O)N(Cc2cc(Cl)cc3c2OCOC3)C1=O. The Kier molecular flexibility index (Phi) is 4.53. The number of fused-ring (bicyclic) bond motifs is 1. The summed E-state index contributed by atoms with van der Waals surface area (Å²) in [6, 6.07) is 12.4. The second-order valence-corrected chi connectivity index (χ2v) is 7.05. The monoisotopic (exact) mass is 386 g/mol. The van der Waals surface area contributed by atoms with Crippen LogP contribution < -0.4 is 10.1 Å². The zero-order valence-electron chi connectivity index (χ0n) is 14.8. The first-order valence-electron chi connectivity index (χ1n) is 8.76. The van der Waals surface area contributed by atoms with E-state index in [1.807, 2.05) is 37.3 Å². The van der Waals surface area contributed by atoms with Crippen molar-refractivity contribution in [2.24, 2.45) is 0 Å². The summed E-state index contributed by atoms with van der Waals surface area (Å²) in [5.74, 6) is 0.349. The van der Waals surface area contributed by atoms with Crippen LogP contribution in [0.3, 0.4) is 0 Å². The highest BCUT2D eigenvalue weighted by atomic mass is 35.5. The Morgan fingerprint density at radius 3 is 2.74 bits per heavy atom. The molecule has 1 N–H and O–H groups in total. The fraction of sp³-hybridized carbons (Fsp3) is 0.300. The quantitative estimate of drug-likeness (QED) is 0.816. The van der Waals surface area contributed by atoms with Crippen molar-refractivity contribution in [2.45, 2.75) is 32.0 Å². The van der Waals surface area contributed by atoms with E-state index in [9.17, 15) is 9.59 Å². The maximum Gasteiger partial charge on any atom is 0.325 e. The number of nitrogens with one attached hydrogen (secondary N) is 1. The molecule has 0 aliphatic carbocycles. The minimum absolute atomic E-state index is 0.0855. The van der Waals surface area contributed by atoms with E-state index in [-0.39, 0.29) is 19.2 Å². The molecule has 0 unspecified atom stereocenters. The van der Waals surface area contributed by atoms with Crippen LogP contribution in [0.4, 0.5) is 4.79 Å². The van der Waals surface area contributed by atoms with Crippen molar-refractivity contribution in [3.05, 3.63) is 64.2 Å². The molecule has 140 valence electrons. The van der Waals surface area contributed by atoms with Gasteiger partial charge in [0.1, 0.15) is 11.3 Å². The third kappa shape index (κ3) is 2.95. The van der Waals surface area contributed by atoms with E-state index in [4.69, 9.17) is 21.1 Å². The first kappa shape index (κ1) is 17.8. The standard InChI is InChI=1S/C20H19ClN2O4/c1-2-20(15-6-4-3-5-7-15)18(24)23(19(25)22-20)10-13-8-16(21)9-14-11-26-12-27-17(13)14/h3-9H,2,10-12H2,1H3,(H,22,25)/t20-/m0/s1. The number of hydrogen-bond acceptors (Lipinski definition) is 4. The predicted octanol–water partition coefficient (Wildman–Crippen LogP) is 3.56. The number of amides is 3. The number of nitrogens with zero attached hydrogens (tertiary/aromatic N) is 1. The van der Waals surface area contributed by atoms with Crippen molar-refractivity contribution in [3.63, 3.8) is 0 Å². The van der Waals surface area contributed by atoms with Crippen LogP contribution >= 0.6 is 11.6 Å². The van der Waals surface area contributed by atoms with Crippen LogP contribution in [0.25, 0.3) is 0 Å². The molecule has 2 heterocycles. The zero-order valence-corrected chi connectivity index (χ0v) is 15.6. The van der Waals surface area contributed by atoms with Gasteiger partial charge in [-0.1, -0.05) is 48.9 Å². The summed E-state index contributed by atoms with van der Waals surface area (Å²) in [4.78, 5) is 27.2. The average molecular weight is 387 g/mol. The lowest BCUT2D eigenvalue weighted by Crippen LogP contribution is -2.43. The molecule has 1 saturated heterocycles. The van der Waals surface area contributed by atoms with Crippen molar-refractivity contribution in [1.29, 1.82) is 0 Å². The molecule has 4 rings (SSSR count). The number of ether oxygens (including phenoxy) is 2. The molecule has 2 aromatic rings. The van der Waals surface area contributed by atoms with Crippen LogP contribution in [0, 0.1) is 0 Å². The first-order valence-corrected chi connectivity index (χ1v) is 9.14. The van der Waals surface area contributed by atoms with Crippen LogP contribution in [0.5, 0.6) is 5.75 Å². The second kappa shape index (κ2) is 6.87. The number of benzene rings is 2. The van der Waals surface area contributed by atoms with E-state index in [0.717, 1.165) is 11.1 Å². The average Bonchev–Trinajstić information content (AvgIpc) is 2.93. The maximum atomic E-state index is 13.3. The molecule has 2 aliphatic heterocycles. The van der Waals surface area contributed by atoms with Gasteiger partial charge >= 0.3 is 6.03 Å². The summed E-state index contributed by atoms with van der Waals surface area (Å²) in [5, 5.41) is 3.40. The number of rotatable bonds is 4. The number of carbonyl (C=O) groups excluding carboxylic acids is 2. The topological polar surface area (TPSA) is 67.9 Å². The molecule has 7 heteroatoms. The van der Waals surface area contributed by atoms with E-state index in [2.05, 4.69) is 5.32 Å². The van der Waals surface area contributed by atoms with Gasteiger partial charge in [0.05, 0.1) is 13.2 Å². The van der Waals surface area contributed by atoms with Gasteiger partial charge < -0.3 is 14.8 Å². The lowest BCUT2D eigenvalue weighted by Gasteiger charge is -2.26. The van der Waals surface area contributed by atoms with Gasteiger partial charge in [-0.05, 0) is 24.1 Å². The second-order valence-electron chi connectivity index (χ2n) is 6.61.